The molecule has 1 N–H and O–H groups in total. The molecule has 0 aromatic carbocycles. The van der Waals surface area contributed by atoms with Crippen LogP contribution >= 0.6 is 0 Å². The molecule has 15 heavy (non-hydrogen) atoms. The maximum atomic E-state index is 3.65. The first-order valence-corrected chi connectivity index (χ1v) is 6.32. The van der Waals surface area contributed by atoms with Crippen LogP contribution in [0.1, 0.15) is 61.8 Å². The van der Waals surface area contributed by atoms with Crippen LogP contribution in [0.5, 0.6) is 0 Å². The molecular weight excluding hydrogens is 182 g/mol. The minimum atomic E-state index is 0.229. The van der Waals surface area contributed by atoms with E-state index >= 15 is 0 Å². The smallest absolute Gasteiger partial charge is 0.00967 e. The average molecular weight is 213 g/mol. The van der Waals surface area contributed by atoms with Gasteiger partial charge in [0.1, 0.15) is 0 Å². The van der Waals surface area contributed by atoms with Crippen LogP contribution < -0.4 is 5.32 Å². The number of nitrogens with one attached hydrogen (secondary N) is 1. The normalized spacial score (nSPS) is 17.2. The molecule has 0 aliphatic rings. The zero-order valence-corrected chi connectivity index (χ0v) is 12.1. The van der Waals surface area contributed by atoms with E-state index in [0.29, 0.717) is 5.41 Å². The van der Waals surface area contributed by atoms with Crippen molar-refractivity contribution >= 4 is 0 Å². The van der Waals surface area contributed by atoms with E-state index in [4.69, 9.17) is 0 Å². The predicted octanol–water partition coefficient (Wildman–Crippen LogP) is 4.08. The highest BCUT2D eigenvalue weighted by atomic mass is 15.0. The van der Waals surface area contributed by atoms with Crippen molar-refractivity contribution in [3.05, 3.63) is 0 Å². The third kappa shape index (κ3) is 6.19. The molecule has 0 amide bonds. The summed E-state index contributed by atoms with van der Waals surface area (Å²) in [5.74, 6) is 1.51. The van der Waals surface area contributed by atoms with Crippen molar-refractivity contribution in [1.29, 1.82) is 0 Å². The van der Waals surface area contributed by atoms with Gasteiger partial charge in [0.05, 0.1) is 0 Å². The van der Waals surface area contributed by atoms with Gasteiger partial charge in [-0.3, -0.25) is 0 Å². The molecule has 92 valence electrons. The standard InChI is InChI=1S/C14H31N/c1-11(2)9-14(8,12(3)4)10-15-13(5,6)7/h11-12,15H,9-10H2,1-8H3. The molecule has 0 spiro atoms. The Balaban J connectivity index is 4.39. The van der Waals surface area contributed by atoms with E-state index < -0.39 is 0 Å². The van der Waals surface area contributed by atoms with Crippen LogP contribution in [-0.2, 0) is 0 Å². The molecule has 0 aromatic rings. The Morgan fingerprint density at radius 1 is 0.933 bits per heavy atom. The molecule has 1 unspecified atom stereocenters. The highest BCUT2D eigenvalue weighted by molar-refractivity contribution is 4.84. The summed E-state index contributed by atoms with van der Waals surface area (Å²) in [5, 5.41) is 3.65. The average Bonchev–Trinajstić information content (AvgIpc) is 1.98. The maximum Gasteiger partial charge on any atom is 0.00967 e. The van der Waals surface area contributed by atoms with Gasteiger partial charge in [-0.05, 0) is 44.4 Å². The molecule has 1 atom stereocenters. The molecule has 0 aromatic heterocycles. The lowest BCUT2D eigenvalue weighted by Gasteiger charge is -2.38. The molecule has 0 saturated heterocycles. The van der Waals surface area contributed by atoms with Crippen molar-refractivity contribution < 1.29 is 0 Å². The molecule has 1 nitrogen and oxygen atoms in total. The lowest BCUT2D eigenvalue weighted by Crippen LogP contribution is -2.45. The second kappa shape index (κ2) is 5.34. The summed E-state index contributed by atoms with van der Waals surface area (Å²) < 4.78 is 0. The lowest BCUT2D eigenvalue weighted by molar-refractivity contribution is 0.152. The highest BCUT2D eigenvalue weighted by Crippen LogP contribution is 2.33. The van der Waals surface area contributed by atoms with Gasteiger partial charge in [0.15, 0.2) is 0 Å². The Hall–Kier alpha value is -0.0400. The van der Waals surface area contributed by atoms with Gasteiger partial charge in [-0.2, -0.15) is 0 Å². The van der Waals surface area contributed by atoms with Crippen molar-refractivity contribution in [1.82, 2.24) is 5.32 Å². The van der Waals surface area contributed by atoms with E-state index in [1.165, 1.54) is 6.42 Å². The van der Waals surface area contributed by atoms with Gasteiger partial charge in [0.2, 0.25) is 0 Å². The lowest BCUT2D eigenvalue weighted by atomic mass is 9.73. The molecule has 0 saturated carbocycles. The maximum absolute atomic E-state index is 3.65. The number of hydrogen-bond acceptors (Lipinski definition) is 1. The second-order valence-corrected chi connectivity index (χ2v) is 7.01. The SMILES string of the molecule is CC(C)CC(C)(CNC(C)(C)C)C(C)C. The fourth-order valence-electron chi connectivity index (χ4n) is 1.91. The van der Waals surface area contributed by atoms with E-state index in [1.54, 1.807) is 0 Å². The van der Waals surface area contributed by atoms with Gasteiger partial charge >= 0.3 is 0 Å². The summed E-state index contributed by atoms with van der Waals surface area (Å²) in [7, 11) is 0. The van der Waals surface area contributed by atoms with Crippen LogP contribution in [-0.4, -0.2) is 12.1 Å². The van der Waals surface area contributed by atoms with Crippen LogP contribution in [0.2, 0.25) is 0 Å². The fourth-order valence-corrected chi connectivity index (χ4v) is 1.91. The zero-order chi connectivity index (χ0) is 12.3. The van der Waals surface area contributed by atoms with Crippen LogP contribution in [0.25, 0.3) is 0 Å². The molecular formula is C14H31N. The molecule has 0 aliphatic heterocycles. The Kier molecular flexibility index (Phi) is 5.32. The van der Waals surface area contributed by atoms with Crippen molar-refractivity contribution in [3.8, 4) is 0 Å². The fraction of sp³-hybridized carbons (Fsp3) is 1.00. The van der Waals surface area contributed by atoms with E-state index in [0.717, 1.165) is 18.4 Å². The highest BCUT2D eigenvalue weighted by Gasteiger charge is 2.30. The van der Waals surface area contributed by atoms with E-state index in [2.05, 4.69) is 60.7 Å². The topological polar surface area (TPSA) is 12.0 Å². The Bertz CT molecular complexity index is 176. The Labute approximate surface area is 97.0 Å². The monoisotopic (exact) mass is 213 g/mol. The van der Waals surface area contributed by atoms with Gasteiger partial charge in [-0.1, -0.05) is 34.6 Å². The van der Waals surface area contributed by atoms with E-state index in [9.17, 15) is 0 Å². The minimum Gasteiger partial charge on any atom is -0.312 e. The van der Waals surface area contributed by atoms with Gasteiger partial charge in [-0.15, -0.1) is 0 Å². The summed E-state index contributed by atoms with van der Waals surface area (Å²) in [6.07, 6.45) is 1.30. The summed E-state index contributed by atoms with van der Waals surface area (Å²) in [5.41, 5.74) is 0.647. The van der Waals surface area contributed by atoms with Crippen LogP contribution in [0, 0.1) is 17.3 Å². The molecule has 0 radical (unpaired) electrons. The van der Waals surface area contributed by atoms with Gasteiger partial charge < -0.3 is 5.32 Å². The Morgan fingerprint density at radius 3 is 1.67 bits per heavy atom. The molecule has 0 fully saturated rings. The zero-order valence-electron chi connectivity index (χ0n) is 12.1. The summed E-state index contributed by atoms with van der Waals surface area (Å²) in [6.45, 7) is 19.6. The predicted molar refractivity (Wildman–Crippen MR) is 70.2 cm³/mol. The summed E-state index contributed by atoms with van der Waals surface area (Å²) >= 11 is 0. The third-order valence-corrected chi connectivity index (χ3v) is 3.29. The molecule has 0 rings (SSSR count). The van der Waals surface area contributed by atoms with E-state index in [1.807, 2.05) is 0 Å². The molecule has 1 heteroatoms. The summed E-state index contributed by atoms with van der Waals surface area (Å²) in [4.78, 5) is 0. The first-order valence-electron chi connectivity index (χ1n) is 6.32. The van der Waals surface area contributed by atoms with Crippen molar-refractivity contribution in [3.63, 3.8) is 0 Å². The quantitative estimate of drug-likeness (QED) is 0.725. The minimum absolute atomic E-state index is 0.229. The number of hydrogen-bond donors (Lipinski definition) is 1. The van der Waals surface area contributed by atoms with Crippen molar-refractivity contribution in [2.45, 2.75) is 67.3 Å². The largest absolute Gasteiger partial charge is 0.312 e. The van der Waals surface area contributed by atoms with Crippen LogP contribution in [0.4, 0.5) is 0 Å². The first kappa shape index (κ1) is 15.0. The molecule has 0 bridgehead atoms. The van der Waals surface area contributed by atoms with Gasteiger partial charge in [-0.25, -0.2) is 0 Å². The Morgan fingerprint density at radius 2 is 1.40 bits per heavy atom. The summed E-state index contributed by atoms with van der Waals surface area (Å²) in [6, 6.07) is 0. The van der Waals surface area contributed by atoms with Crippen LogP contribution in [0.3, 0.4) is 0 Å². The molecule has 0 heterocycles. The number of rotatable bonds is 5. The van der Waals surface area contributed by atoms with Gasteiger partial charge in [0.25, 0.3) is 0 Å². The third-order valence-electron chi connectivity index (χ3n) is 3.29. The second-order valence-electron chi connectivity index (χ2n) is 7.01. The first-order chi connectivity index (χ1) is 6.57. The molecule has 0 aliphatic carbocycles. The van der Waals surface area contributed by atoms with Gasteiger partial charge in [0, 0.05) is 12.1 Å². The van der Waals surface area contributed by atoms with Crippen LogP contribution in [0.15, 0.2) is 0 Å². The van der Waals surface area contributed by atoms with Crippen molar-refractivity contribution in [2.75, 3.05) is 6.54 Å². The van der Waals surface area contributed by atoms with E-state index in [-0.39, 0.29) is 5.54 Å². The van der Waals surface area contributed by atoms with Crippen molar-refractivity contribution in [2.24, 2.45) is 17.3 Å².